The van der Waals surface area contributed by atoms with Crippen molar-refractivity contribution in [2.24, 2.45) is 0 Å². The fourth-order valence-electron chi connectivity index (χ4n) is 3.11. The zero-order chi connectivity index (χ0) is 19.1. The van der Waals surface area contributed by atoms with Gasteiger partial charge in [-0.15, -0.1) is 22.7 Å². The number of ether oxygens (including phenoxy) is 1. The number of hydrogen-bond acceptors (Lipinski definition) is 7. The molecule has 0 fully saturated rings. The number of aliphatic hydroxyl groups is 1. The van der Waals surface area contributed by atoms with E-state index >= 15 is 0 Å². The monoisotopic (exact) mass is 404 g/mol. The SMILES string of the molecule is COC(=S)/C(C#N)=C/c1cc2c(s1)-c1sc(N(C)CCO)cc1C2(C)C. The molecular weight excluding hydrogens is 384 g/mol. The first-order chi connectivity index (χ1) is 12.3. The number of methoxy groups -OCH3 is 1. The van der Waals surface area contributed by atoms with Gasteiger partial charge in [-0.1, -0.05) is 13.8 Å². The van der Waals surface area contributed by atoms with Crippen molar-refractivity contribution in [3.05, 3.63) is 33.7 Å². The van der Waals surface area contributed by atoms with Gasteiger partial charge in [0.25, 0.3) is 0 Å². The van der Waals surface area contributed by atoms with Gasteiger partial charge in [0, 0.05) is 28.8 Å². The molecule has 0 saturated heterocycles. The van der Waals surface area contributed by atoms with E-state index in [0.717, 1.165) is 9.88 Å². The van der Waals surface area contributed by atoms with Crippen LogP contribution in [-0.4, -0.2) is 37.5 Å². The third-order valence-electron chi connectivity index (χ3n) is 4.65. The van der Waals surface area contributed by atoms with Crippen LogP contribution in [0.5, 0.6) is 0 Å². The van der Waals surface area contributed by atoms with Crippen molar-refractivity contribution in [1.82, 2.24) is 0 Å². The number of anilines is 1. The number of thiocarbonyl (C=S) groups is 1. The van der Waals surface area contributed by atoms with Crippen LogP contribution < -0.4 is 4.90 Å². The minimum absolute atomic E-state index is 0.0867. The number of aliphatic hydroxyl groups excluding tert-OH is 1. The van der Waals surface area contributed by atoms with Crippen LogP contribution in [-0.2, 0) is 10.2 Å². The molecule has 0 spiro atoms. The lowest BCUT2D eigenvalue weighted by atomic mass is 9.84. The first kappa shape index (κ1) is 19.1. The van der Waals surface area contributed by atoms with Crippen LogP contribution in [0.15, 0.2) is 17.7 Å². The Hall–Kier alpha value is -1.72. The molecule has 4 nitrogen and oxygen atoms in total. The summed E-state index contributed by atoms with van der Waals surface area (Å²) in [4.78, 5) is 5.62. The van der Waals surface area contributed by atoms with Gasteiger partial charge in [-0.25, -0.2) is 0 Å². The highest BCUT2D eigenvalue weighted by Crippen LogP contribution is 2.57. The molecule has 0 aromatic carbocycles. The molecule has 136 valence electrons. The summed E-state index contributed by atoms with van der Waals surface area (Å²) in [6.45, 7) is 5.21. The molecule has 1 aliphatic carbocycles. The fraction of sp³-hybridized carbons (Fsp3) is 0.368. The van der Waals surface area contributed by atoms with E-state index in [1.54, 1.807) is 28.7 Å². The van der Waals surface area contributed by atoms with Crippen LogP contribution in [0.4, 0.5) is 5.00 Å². The predicted molar refractivity (Wildman–Crippen MR) is 113 cm³/mol. The fourth-order valence-corrected chi connectivity index (χ4v) is 5.94. The van der Waals surface area contributed by atoms with E-state index in [1.807, 2.05) is 7.05 Å². The van der Waals surface area contributed by atoms with Gasteiger partial charge >= 0.3 is 0 Å². The average Bonchev–Trinajstić information content (AvgIpc) is 3.27. The third kappa shape index (κ3) is 3.08. The minimum Gasteiger partial charge on any atom is -0.486 e. The maximum Gasteiger partial charge on any atom is 0.201 e. The smallest absolute Gasteiger partial charge is 0.201 e. The summed E-state index contributed by atoms with van der Waals surface area (Å²) in [5.74, 6) is 0. The quantitative estimate of drug-likeness (QED) is 0.454. The molecule has 26 heavy (non-hydrogen) atoms. The predicted octanol–water partition coefficient (Wildman–Crippen LogP) is 4.43. The first-order valence-corrected chi connectivity index (χ1v) is 10.2. The van der Waals surface area contributed by atoms with Crippen LogP contribution >= 0.6 is 34.9 Å². The van der Waals surface area contributed by atoms with E-state index < -0.39 is 0 Å². The van der Waals surface area contributed by atoms with Crippen LogP contribution in [0.2, 0.25) is 0 Å². The summed E-state index contributed by atoms with van der Waals surface area (Å²) in [5, 5.41) is 19.9. The zero-order valence-electron chi connectivity index (χ0n) is 15.1. The molecule has 0 unspecified atom stereocenters. The van der Waals surface area contributed by atoms with E-state index in [2.05, 4.69) is 36.9 Å². The second-order valence-corrected chi connectivity index (χ2v) is 9.14. The van der Waals surface area contributed by atoms with Crippen molar-refractivity contribution >= 4 is 51.0 Å². The highest BCUT2D eigenvalue weighted by molar-refractivity contribution is 7.80. The number of fused-ring (bicyclic) bond motifs is 3. The third-order valence-corrected chi connectivity index (χ3v) is 7.53. The second kappa shape index (κ2) is 7.12. The van der Waals surface area contributed by atoms with Crippen LogP contribution in [0, 0.1) is 11.3 Å². The van der Waals surface area contributed by atoms with Crippen LogP contribution in [0.3, 0.4) is 0 Å². The Morgan fingerprint density at radius 1 is 1.35 bits per heavy atom. The highest BCUT2D eigenvalue weighted by Gasteiger charge is 2.39. The van der Waals surface area contributed by atoms with Crippen molar-refractivity contribution in [1.29, 1.82) is 5.26 Å². The maximum atomic E-state index is 9.31. The Morgan fingerprint density at radius 2 is 2.00 bits per heavy atom. The number of rotatable bonds is 5. The van der Waals surface area contributed by atoms with Crippen molar-refractivity contribution in [3.63, 3.8) is 0 Å². The Bertz CT molecular complexity index is 931. The van der Waals surface area contributed by atoms with Crippen molar-refractivity contribution < 1.29 is 9.84 Å². The number of likely N-dealkylation sites (N-methyl/N-ethyl adjacent to an activating group) is 1. The first-order valence-electron chi connectivity index (χ1n) is 8.14. The van der Waals surface area contributed by atoms with E-state index in [0.29, 0.717) is 12.1 Å². The van der Waals surface area contributed by atoms with E-state index in [4.69, 9.17) is 17.0 Å². The topological polar surface area (TPSA) is 56.5 Å². The molecule has 0 radical (unpaired) electrons. The normalized spacial score (nSPS) is 14.5. The number of hydrogen-bond donors (Lipinski definition) is 1. The molecule has 3 rings (SSSR count). The summed E-state index contributed by atoms with van der Waals surface area (Å²) in [5.41, 5.74) is 2.89. The van der Waals surface area contributed by atoms with E-state index in [-0.39, 0.29) is 17.1 Å². The van der Waals surface area contributed by atoms with Gasteiger partial charge in [0.1, 0.15) is 11.6 Å². The van der Waals surface area contributed by atoms with Gasteiger partial charge in [0.05, 0.1) is 23.6 Å². The Kier molecular flexibility index (Phi) is 5.22. The molecule has 0 saturated carbocycles. The summed E-state index contributed by atoms with van der Waals surface area (Å²) in [6.07, 6.45) is 1.80. The summed E-state index contributed by atoms with van der Waals surface area (Å²) >= 11 is 8.52. The van der Waals surface area contributed by atoms with Crippen LogP contribution in [0.25, 0.3) is 15.8 Å². The highest BCUT2D eigenvalue weighted by atomic mass is 32.1. The van der Waals surface area contributed by atoms with Gasteiger partial charge in [-0.3, -0.25) is 0 Å². The number of thiophene rings is 2. The van der Waals surface area contributed by atoms with Gasteiger partial charge in [-0.2, -0.15) is 5.26 Å². The number of nitriles is 1. The number of nitrogens with zero attached hydrogens (tertiary/aromatic N) is 2. The van der Waals surface area contributed by atoms with Crippen molar-refractivity contribution in [2.45, 2.75) is 19.3 Å². The molecule has 2 aromatic heterocycles. The van der Waals surface area contributed by atoms with Gasteiger partial charge in [0.15, 0.2) is 0 Å². The molecule has 1 N–H and O–H groups in total. The molecule has 0 amide bonds. The Morgan fingerprint density at radius 3 is 2.62 bits per heavy atom. The molecule has 0 aliphatic heterocycles. The second-order valence-electron chi connectivity index (χ2n) is 6.65. The molecule has 0 atom stereocenters. The van der Waals surface area contributed by atoms with Crippen molar-refractivity contribution in [3.8, 4) is 15.8 Å². The minimum atomic E-state index is -0.0867. The van der Waals surface area contributed by atoms with Crippen LogP contribution in [0.1, 0.15) is 29.9 Å². The molecular formula is C19H20N2O2S3. The molecule has 0 bridgehead atoms. The molecule has 1 aliphatic rings. The summed E-state index contributed by atoms with van der Waals surface area (Å²) in [7, 11) is 3.48. The van der Waals surface area contributed by atoms with Gasteiger partial charge in [0.2, 0.25) is 5.05 Å². The molecule has 7 heteroatoms. The van der Waals surface area contributed by atoms with E-state index in [9.17, 15) is 10.4 Å². The summed E-state index contributed by atoms with van der Waals surface area (Å²) < 4.78 is 5.02. The molecule has 2 aromatic rings. The van der Waals surface area contributed by atoms with E-state index in [1.165, 1.54) is 28.0 Å². The average molecular weight is 405 g/mol. The zero-order valence-corrected chi connectivity index (χ0v) is 17.6. The van der Waals surface area contributed by atoms with Gasteiger partial charge in [-0.05, 0) is 41.6 Å². The van der Waals surface area contributed by atoms with Crippen molar-refractivity contribution in [2.75, 3.05) is 32.2 Å². The maximum absolute atomic E-state index is 9.31. The summed E-state index contributed by atoms with van der Waals surface area (Å²) in [6, 6.07) is 6.50. The Balaban J connectivity index is 2.05. The van der Waals surface area contributed by atoms with Gasteiger partial charge < -0.3 is 14.7 Å². The molecule has 2 heterocycles. The lowest BCUT2D eigenvalue weighted by Gasteiger charge is -2.20. The largest absolute Gasteiger partial charge is 0.486 e. The Labute approximate surface area is 167 Å². The lowest BCUT2D eigenvalue weighted by Crippen LogP contribution is -2.20. The lowest BCUT2D eigenvalue weighted by molar-refractivity contribution is 0.304. The standard InChI is InChI=1S/C19H20N2O2S3/c1-19(2)13-8-12(7-11(10-20)18(24)23-4)25-16(13)17-14(19)9-15(26-17)21(3)5-6-22/h7-9,22H,5-6H2,1-4H3/b11-7+.